The van der Waals surface area contributed by atoms with Gasteiger partial charge < -0.3 is 5.21 Å². The Kier molecular flexibility index (Phi) is 4.48. The van der Waals surface area contributed by atoms with Crippen molar-refractivity contribution >= 4 is 14.9 Å². The van der Waals surface area contributed by atoms with Crippen molar-refractivity contribution in [1.82, 2.24) is 5.06 Å². The summed E-state index contributed by atoms with van der Waals surface area (Å²) in [5, 5.41) is 9.89. The topological polar surface area (TPSA) is 72.6 Å². The van der Waals surface area contributed by atoms with Crippen LogP contribution < -0.4 is 0 Å². The molecule has 22 heavy (non-hydrogen) atoms. The van der Waals surface area contributed by atoms with E-state index < -0.39 is 21.0 Å². The van der Waals surface area contributed by atoms with Crippen LogP contribution in [0, 0.1) is 0 Å². The molecule has 0 spiro atoms. The molecule has 0 saturated heterocycles. The summed E-state index contributed by atoms with van der Waals surface area (Å²) in [7, 11) is -3.56. The van der Waals surface area contributed by atoms with Crippen molar-refractivity contribution in [2.24, 2.45) is 4.99 Å². The first-order chi connectivity index (χ1) is 10.2. The lowest BCUT2D eigenvalue weighted by Crippen LogP contribution is -2.54. The quantitative estimate of drug-likeness (QED) is 0.797. The molecule has 0 aliphatic carbocycles. The van der Waals surface area contributed by atoms with E-state index in [0.717, 1.165) is 5.56 Å². The van der Waals surface area contributed by atoms with E-state index in [2.05, 4.69) is 4.99 Å². The summed E-state index contributed by atoms with van der Waals surface area (Å²) < 4.78 is 25.8. The zero-order valence-electron chi connectivity index (χ0n) is 13.6. The Morgan fingerprint density at radius 1 is 1.14 bits per heavy atom. The van der Waals surface area contributed by atoms with E-state index in [-0.39, 0.29) is 10.8 Å². The average Bonchev–Trinajstić information content (AvgIpc) is 2.71. The van der Waals surface area contributed by atoms with Gasteiger partial charge in [-0.3, -0.25) is 0 Å². The largest absolute Gasteiger partial charge is 0.336 e. The van der Waals surface area contributed by atoms with Crippen LogP contribution in [0.1, 0.15) is 46.1 Å². The van der Waals surface area contributed by atoms with Crippen molar-refractivity contribution in [3.63, 3.8) is 0 Å². The summed E-state index contributed by atoms with van der Waals surface area (Å²) in [6.07, 6.45) is 1.12. The van der Waals surface area contributed by atoms with Crippen molar-refractivity contribution in [2.75, 3.05) is 0 Å². The fourth-order valence-electron chi connectivity index (χ4n) is 2.83. The van der Waals surface area contributed by atoms with Crippen molar-refractivity contribution in [1.29, 1.82) is 0 Å². The lowest BCUT2D eigenvalue weighted by atomic mass is 9.99. The minimum Gasteiger partial charge on any atom is -0.336 e. The minimum atomic E-state index is -3.56. The van der Waals surface area contributed by atoms with Crippen molar-refractivity contribution in [3.8, 4) is 0 Å². The Labute approximate surface area is 132 Å². The van der Waals surface area contributed by atoms with Crippen LogP contribution in [-0.4, -0.2) is 34.9 Å². The molecule has 0 aromatic heterocycles. The first-order valence-corrected chi connectivity index (χ1v) is 9.23. The molecule has 2 N–H and O–H groups in total. The fraction of sp³-hybridized carbons (Fsp3) is 0.562. The van der Waals surface area contributed by atoms with Gasteiger partial charge in [0.15, 0.2) is 20.5 Å². The number of rotatable bonds is 4. The van der Waals surface area contributed by atoms with Crippen LogP contribution in [-0.2, 0) is 15.6 Å². The highest BCUT2D eigenvalue weighted by molar-refractivity contribution is 8.06. The van der Waals surface area contributed by atoms with Gasteiger partial charge in [-0.25, -0.2) is 13.4 Å². The third-order valence-corrected chi connectivity index (χ3v) is 6.46. The maximum atomic E-state index is 12.9. The number of hydrogen-bond donors (Lipinski definition) is 0. The van der Waals surface area contributed by atoms with Crippen molar-refractivity contribution in [2.45, 2.75) is 57.5 Å². The zero-order chi connectivity index (χ0) is 16.6. The standard InChI is InChI=1S/C16H24N2O3S/c1-5-15(3)14(17-16(4,6-2)18(15)19)22(20,21)12-13-10-8-7-9-11-13/h7-11,19H,5-6,12H2,1-4H3/p+1. The van der Waals surface area contributed by atoms with Gasteiger partial charge in [0.1, 0.15) is 5.54 Å². The molecule has 1 aromatic carbocycles. The minimum absolute atomic E-state index is 0.0735. The second-order valence-corrected chi connectivity index (χ2v) is 8.10. The Morgan fingerprint density at radius 2 is 1.73 bits per heavy atom. The number of benzene rings is 1. The molecular formula is C16H25N2O3S+. The zero-order valence-corrected chi connectivity index (χ0v) is 14.4. The van der Waals surface area contributed by atoms with Crippen LogP contribution in [0.3, 0.4) is 0 Å². The highest BCUT2D eigenvalue weighted by Gasteiger charge is 2.58. The molecule has 1 aliphatic rings. The lowest BCUT2D eigenvalue weighted by Gasteiger charge is -2.32. The molecule has 0 fully saturated rings. The van der Waals surface area contributed by atoms with Crippen molar-refractivity contribution in [3.05, 3.63) is 35.9 Å². The van der Waals surface area contributed by atoms with E-state index in [9.17, 15) is 8.42 Å². The summed E-state index contributed by atoms with van der Waals surface area (Å²) in [5.41, 5.74) is -0.923. The highest BCUT2D eigenvalue weighted by atomic mass is 32.2. The van der Waals surface area contributed by atoms with Crippen LogP contribution in [0.15, 0.2) is 35.3 Å². The monoisotopic (exact) mass is 325 g/mol. The van der Waals surface area contributed by atoms with Gasteiger partial charge in [-0.05, 0) is 37.3 Å². The molecule has 0 radical (unpaired) electrons. The Bertz CT molecular complexity index is 672. The highest BCUT2D eigenvalue weighted by Crippen LogP contribution is 2.39. The maximum Gasteiger partial charge on any atom is 0.197 e. The Hall–Kier alpha value is -1.24. The predicted molar refractivity (Wildman–Crippen MR) is 89.3 cm³/mol. The fourth-order valence-corrected chi connectivity index (χ4v) is 4.84. The summed E-state index contributed by atoms with van der Waals surface area (Å²) in [6, 6.07) is 9.11. The molecule has 1 heterocycles. The van der Waals surface area contributed by atoms with Crippen LogP contribution >= 0.6 is 0 Å². The third kappa shape index (κ3) is 2.71. The Balaban J connectivity index is 2.46. The SMILES string of the molecule is CCC1(C)N=C(S(=O)(=O)Cc2ccccc2)C(C)(CC)N1[OH2+]. The van der Waals surface area contributed by atoms with Gasteiger partial charge in [-0.2, -0.15) is 0 Å². The molecule has 122 valence electrons. The van der Waals surface area contributed by atoms with Crippen LogP contribution in [0.25, 0.3) is 0 Å². The summed E-state index contributed by atoms with van der Waals surface area (Å²) >= 11 is 0. The lowest BCUT2D eigenvalue weighted by molar-refractivity contribution is -0.199. The molecule has 0 amide bonds. The molecular weight excluding hydrogens is 300 g/mol. The number of hydrogen-bond acceptors (Lipinski definition) is 4. The van der Waals surface area contributed by atoms with Gasteiger partial charge in [0, 0.05) is 0 Å². The molecule has 0 bridgehead atoms. The molecule has 1 aromatic rings. The van der Waals surface area contributed by atoms with E-state index in [1.54, 1.807) is 19.1 Å². The molecule has 2 rings (SSSR count). The van der Waals surface area contributed by atoms with E-state index in [1.807, 2.05) is 39.0 Å². The molecule has 0 saturated carbocycles. The third-order valence-electron chi connectivity index (χ3n) is 4.63. The summed E-state index contributed by atoms with van der Waals surface area (Å²) in [5.74, 6) is -0.0735. The summed E-state index contributed by atoms with van der Waals surface area (Å²) in [6.45, 7) is 7.44. The van der Waals surface area contributed by atoms with Crippen LogP contribution in [0.2, 0.25) is 0 Å². The van der Waals surface area contributed by atoms with Gasteiger partial charge in [0.05, 0.1) is 5.75 Å². The normalized spacial score (nSPS) is 29.6. The molecule has 6 heteroatoms. The second kappa shape index (κ2) is 5.76. The molecule has 5 nitrogen and oxygen atoms in total. The van der Waals surface area contributed by atoms with E-state index in [1.165, 1.54) is 5.06 Å². The van der Waals surface area contributed by atoms with Gasteiger partial charge in [0.2, 0.25) is 0 Å². The number of nitrogens with zero attached hydrogens (tertiary/aromatic N) is 2. The maximum absolute atomic E-state index is 12.9. The predicted octanol–water partition coefficient (Wildman–Crippen LogP) is 2.25. The second-order valence-electron chi connectivity index (χ2n) is 6.20. The van der Waals surface area contributed by atoms with Gasteiger partial charge in [-0.15, -0.1) is 0 Å². The number of sulfone groups is 1. The van der Waals surface area contributed by atoms with Gasteiger partial charge in [0.25, 0.3) is 0 Å². The first kappa shape index (κ1) is 17.1. The Morgan fingerprint density at radius 3 is 2.23 bits per heavy atom. The molecule has 2 atom stereocenters. The first-order valence-electron chi connectivity index (χ1n) is 7.58. The van der Waals surface area contributed by atoms with E-state index in [4.69, 9.17) is 5.21 Å². The van der Waals surface area contributed by atoms with Gasteiger partial charge in [-0.1, -0.05) is 44.2 Å². The van der Waals surface area contributed by atoms with E-state index >= 15 is 0 Å². The molecule has 1 aliphatic heterocycles. The average molecular weight is 325 g/mol. The number of aliphatic imine (C=N–C) groups is 1. The smallest absolute Gasteiger partial charge is 0.197 e. The van der Waals surface area contributed by atoms with E-state index in [0.29, 0.717) is 12.8 Å². The van der Waals surface area contributed by atoms with Crippen LogP contribution in [0.5, 0.6) is 0 Å². The van der Waals surface area contributed by atoms with Crippen molar-refractivity contribution < 1.29 is 13.6 Å². The molecule has 2 unspecified atom stereocenters. The summed E-state index contributed by atoms with van der Waals surface area (Å²) in [4.78, 5) is 4.48. The number of hydroxylamine groups is 2. The van der Waals surface area contributed by atoms with Gasteiger partial charge >= 0.3 is 0 Å². The van der Waals surface area contributed by atoms with Crippen LogP contribution in [0.4, 0.5) is 0 Å².